The van der Waals surface area contributed by atoms with Crippen LogP contribution < -0.4 is 5.32 Å². The van der Waals surface area contributed by atoms with Crippen molar-refractivity contribution >= 4 is 23.4 Å². The van der Waals surface area contributed by atoms with Gasteiger partial charge in [-0.15, -0.1) is 5.10 Å². The first-order valence-electron chi connectivity index (χ1n) is 8.34. The van der Waals surface area contributed by atoms with Gasteiger partial charge in [0.1, 0.15) is 0 Å². The average Bonchev–Trinajstić information content (AvgIpc) is 3.06. The predicted octanol–water partition coefficient (Wildman–Crippen LogP) is 3.71. The van der Waals surface area contributed by atoms with Gasteiger partial charge in [-0.1, -0.05) is 36.0 Å². The fourth-order valence-corrected chi connectivity index (χ4v) is 3.30. The van der Waals surface area contributed by atoms with Crippen LogP contribution in [0.4, 0.5) is 5.69 Å². The molecule has 0 radical (unpaired) electrons. The molecule has 0 fully saturated rings. The number of hydrogen-bond donors (Lipinski definition) is 1. The molecule has 1 aromatic heterocycles. The maximum absolute atomic E-state index is 12.6. The second-order valence-corrected chi connectivity index (χ2v) is 7.59. The van der Waals surface area contributed by atoms with Crippen molar-refractivity contribution in [2.24, 2.45) is 0 Å². The lowest BCUT2D eigenvalue weighted by Gasteiger charge is -2.14. The van der Waals surface area contributed by atoms with Crippen molar-refractivity contribution in [3.63, 3.8) is 0 Å². The van der Waals surface area contributed by atoms with E-state index in [0.29, 0.717) is 5.16 Å². The highest BCUT2D eigenvalue weighted by Crippen LogP contribution is 2.25. The summed E-state index contributed by atoms with van der Waals surface area (Å²) in [6, 6.07) is 13.9. The molecule has 0 spiro atoms. The number of anilines is 1. The van der Waals surface area contributed by atoms with Crippen LogP contribution in [-0.4, -0.2) is 31.4 Å². The average molecular weight is 367 g/mol. The molecule has 0 bridgehead atoms. The van der Waals surface area contributed by atoms with Crippen molar-refractivity contribution in [3.8, 4) is 5.69 Å². The summed E-state index contributed by atoms with van der Waals surface area (Å²) in [6.07, 6.45) is 0. The molecule has 0 aliphatic heterocycles. The molecular weight excluding hydrogens is 346 g/mol. The lowest BCUT2D eigenvalue weighted by atomic mass is 10.1. The van der Waals surface area contributed by atoms with Gasteiger partial charge in [-0.3, -0.25) is 4.79 Å². The highest BCUT2D eigenvalue weighted by Gasteiger charge is 2.20. The lowest BCUT2D eigenvalue weighted by molar-refractivity contribution is -0.115. The van der Waals surface area contributed by atoms with Crippen LogP contribution in [0.5, 0.6) is 0 Å². The summed E-state index contributed by atoms with van der Waals surface area (Å²) in [6.45, 7) is 7.84. The van der Waals surface area contributed by atoms with Crippen molar-refractivity contribution in [2.75, 3.05) is 5.32 Å². The van der Waals surface area contributed by atoms with E-state index in [0.717, 1.165) is 28.1 Å². The molecule has 2 aromatic carbocycles. The number of carbonyl (C=O) groups is 1. The van der Waals surface area contributed by atoms with Crippen LogP contribution in [0.3, 0.4) is 0 Å². The molecule has 3 aromatic rings. The highest BCUT2D eigenvalue weighted by molar-refractivity contribution is 8.00. The van der Waals surface area contributed by atoms with Gasteiger partial charge < -0.3 is 5.32 Å². The molecule has 1 unspecified atom stereocenters. The smallest absolute Gasteiger partial charge is 0.237 e. The maximum atomic E-state index is 12.6. The van der Waals surface area contributed by atoms with Crippen molar-refractivity contribution in [1.29, 1.82) is 0 Å². The van der Waals surface area contributed by atoms with Gasteiger partial charge in [0, 0.05) is 5.69 Å². The van der Waals surface area contributed by atoms with E-state index < -0.39 is 0 Å². The van der Waals surface area contributed by atoms with Crippen molar-refractivity contribution < 1.29 is 4.79 Å². The van der Waals surface area contributed by atoms with Crippen molar-refractivity contribution in [3.05, 3.63) is 59.2 Å². The Labute approximate surface area is 157 Å². The standard InChI is InChI=1S/C19H21N5OS/c1-12-6-5-7-16(10-12)24-19(21-22-23-24)26-15(4)18(25)20-17-11-13(2)8-9-14(17)3/h5-11,15H,1-4H3,(H,20,25). The van der Waals surface area contributed by atoms with Gasteiger partial charge in [0.2, 0.25) is 11.1 Å². The first kappa shape index (κ1) is 18.1. The van der Waals surface area contributed by atoms with Gasteiger partial charge in [-0.25, -0.2) is 0 Å². The van der Waals surface area contributed by atoms with Gasteiger partial charge >= 0.3 is 0 Å². The molecule has 0 saturated carbocycles. The number of benzene rings is 2. The van der Waals surface area contributed by atoms with E-state index >= 15 is 0 Å². The Morgan fingerprint density at radius 2 is 1.88 bits per heavy atom. The molecule has 1 heterocycles. The summed E-state index contributed by atoms with van der Waals surface area (Å²) in [4.78, 5) is 12.6. The van der Waals surface area contributed by atoms with Crippen molar-refractivity contribution in [1.82, 2.24) is 20.2 Å². The van der Waals surface area contributed by atoms with Gasteiger partial charge in [0.25, 0.3) is 0 Å². The molecule has 1 atom stereocenters. The second kappa shape index (κ2) is 7.70. The van der Waals surface area contributed by atoms with E-state index in [1.54, 1.807) is 4.68 Å². The Morgan fingerprint density at radius 3 is 2.65 bits per heavy atom. The fraction of sp³-hybridized carbons (Fsp3) is 0.263. The van der Waals surface area contributed by atoms with E-state index in [9.17, 15) is 4.79 Å². The molecule has 1 amide bonds. The van der Waals surface area contributed by atoms with Crippen molar-refractivity contribution in [2.45, 2.75) is 38.1 Å². The maximum Gasteiger partial charge on any atom is 0.237 e. The molecule has 0 aliphatic carbocycles. The van der Waals surface area contributed by atoms with Crippen LogP contribution in [0.15, 0.2) is 47.6 Å². The van der Waals surface area contributed by atoms with Gasteiger partial charge in [-0.05, 0) is 73.0 Å². The molecule has 6 nitrogen and oxygen atoms in total. The summed E-state index contributed by atoms with van der Waals surface area (Å²) in [7, 11) is 0. The van der Waals surface area contributed by atoms with Crippen LogP contribution in [0.2, 0.25) is 0 Å². The summed E-state index contributed by atoms with van der Waals surface area (Å²) in [5.41, 5.74) is 4.97. The molecule has 134 valence electrons. The molecule has 7 heteroatoms. The van der Waals surface area contributed by atoms with E-state index in [4.69, 9.17) is 0 Å². The fourth-order valence-electron chi connectivity index (χ4n) is 2.49. The molecule has 3 rings (SSSR count). The second-order valence-electron chi connectivity index (χ2n) is 6.28. The topological polar surface area (TPSA) is 72.7 Å². The Bertz CT molecular complexity index is 937. The quantitative estimate of drug-likeness (QED) is 0.696. The molecule has 0 saturated heterocycles. The number of thioether (sulfide) groups is 1. The van der Waals surface area contributed by atoms with Crippen LogP contribution in [0.1, 0.15) is 23.6 Å². The predicted molar refractivity (Wildman–Crippen MR) is 104 cm³/mol. The number of aryl methyl sites for hydroxylation is 3. The Hall–Kier alpha value is -2.67. The largest absolute Gasteiger partial charge is 0.325 e. The minimum Gasteiger partial charge on any atom is -0.325 e. The van der Waals surface area contributed by atoms with E-state index in [1.807, 2.05) is 70.2 Å². The van der Waals surface area contributed by atoms with Crippen LogP contribution in [0, 0.1) is 20.8 Å². The third-order valence-corrected chi connectivity index (χ3v) is 5.02. The number of aromatic nitrogens is 4. The Morgan fingerprint density at radius 1 is 1.12 bits per heavy atom. The van der Waals surface area contributed by atoms with Crippen LogP contribution in [0.25, 0.3) is 5.69 Å². The number of carbonyl (C=O) groups excluding carboxylic acids is 1. The van der Waals surface area contributed by atoms with E-state index in [2.05, 4.69) is 20.8 Å². The number of hydrogen-bond acceptors (Lipinski definition) is 5. The third-order valence-electron chi connectivity index (χ3n) is 3.99. The van der Waals surface area contributed by atoms with E-state index in [-0.39, 0.29) is 11.2 Å². The monoisotopic (exact) mass is 367 g/mol. The Balaban J connectivity index is 1.74. The van der Waals surface area contributed by atoms with Gasteiger partial charge in [0.05, 0.1) is 10.9 Å². The normalized spacial score (nSPS) is 12.0. The zero-order chi connectivity index (χ0) is 18.7. The number of nitrogens with zero attached hydrogens (tertiary/aromatic N) is 4. The molecule has 0 aliphatic rings. The number of rotatable bonds is 5. The summed E-state index contributed by atoms with van der Waals surface area (Å²) < 4.78 is 1.65. The minimum atomic E-state index is -0.343. The minimum absolute atomic E-state index is 0.0810. The third kappa shape index (κ3) is 4.11. The van der Waals surface area contributed by atoms with Gasteiger partial charge in [-0.2, -0.15) is 4.68 Å². The molecule has 1 N–H and O–H groups in total. The SMILES string of the molecule is Cc1cccc(-n2nnnc2SC(C)C(=O)Nc2cc(C)ccc2C)c1. The highest BCUT2D eigenvalue weighted by atomic mass is 32.2. The molecule has 26 heavy (non-hydrogen) atoms. The zero-order valence-corrected chi connectivity index (χ0v) is 16.0. The van der Waals surface area contributed by atoms with Gasteiger partial charge in [0.15, 0.2) is 0 Å². The summed E-state index contributed by atoms with van der Waals surface area (Å²) in [5, 5.41) is 15.1. The molecular formula is C19H21N5OS. The zero-order valence-electron chi connectivity index (χ0n) is 15.2. The summed E-state index contributed by atoms with van der Waals surface area (Å²) in [5.74, 6) is -0.0810. The van der Waals surface area contributed by atoms with Crippen LogP contribution >= 0.6 is 11.8 Å². The first-order chi connectivity index (χ1) is 12.4. The first-order valence-corrected chi connectivity index (χ1v) is 9.22. The number of nitrogens with one attached hydrogen (secondary N) is 1. The summed E-state index contributed by atoms with van der Waals surface area (Å²) >= 11 is 1.33. The number of tetrazole rings is 1. The van der Waals surface area contributed by atoms with Crippen LogP contribution in [-0.2, 0) is 4.79 Å². The number of amides is 1. The Kier molecular flexibility index (Phi) is 5.37. The lowest BCUT2D eigenvalue weighted by Crippen LogP contribution is -2.23. The van der Waals surface area contributed by atoms with E-state index in [1.165, 1.54) is 11.8 Å².